The minimum absolute atomic E-state index is 0.355. The zero-order valence-corrected chi connectivity index (χ0v) is 13.0. The molecule has 0 saturated heterocycles. The summed E-state index contributed by atoms with van der Waals surface area (Å²) in [6.07, 6.45) is 0.111. The van der Waals surface area contributed by atoms with Crippen molar-refractivity contribution in [1.82, 2.24) is 5.48 Å². The summed E-state index contributed by atoms with van der Waals surface area (Å²) in [5, 5.41) is 19.1. The van der Waals surface area contributed by atoms with Crippen LogP contribution in [0.1, 0.15) is 24.5 Å². The molecule has 0 fully saturated rings. The van der Waals surface area contributed by atoms with Crippen molar-refractivity contribution in [3.8, 4) is 23.0 Å². The Bertz CT molecular complexity index is 715. The van der Waals surface area contributed by atoms with Gasteiger partial charge in [-0.3, -0.25) is 10.0 Å². The Morgan fingerprint density at radius 2 is 1.65 bits per heavy atom. The van der Waals surface area contributed by atoms with E-state index >= 15 is 0 Å². The van der Waals surface area contributed by atoms with Crippen LogP contribution in [0.5, 0.6) is 0 Å². The molecule has 3 N–H and O–H groups in total. The number of carbonyl (C=O) groups is 1. The number of aliphatic hydroxyl groups excluding tert-OH is 1. The first kappa shape index (κ1) is 17.0. The molecular weight excluding hydrogens is 314 g/mol. The lowest BCUT2D eigenvalue weighted by molar-refractivity contribution is -0.123. The molecule has 1 amide bonds. The van der Waals surface area contributed by atoms with E-state index in [0.717, 1.165) is 16.7 Å². The van der Waals surface area contributed by atoms with E-state index in [2.05, 4.69) is 11.8 Å². The number of hydrogen-bond donors (Lipinski definition) is 3. The Morgan fingerprint density at radius 1 is 1.09 bits per heavy atom. The highest BCUT2D eigenvalue weighted by atomic mass is 35.5. The molecule has 1 unspecified atom stereocenters. The summed E-state index contributed by atoms with van der Waals surface area (Å²) in [5.41, 5.74) is 4.31. The minimum atomic E-state index is -0.758. The lowest BCUT2D eigenvalue weighted by atomic mass is 10.00. The van der Waals surface area contributed by atoms with Crippen LogP contribution in [0.25, 0.3) is 11.1 Å². The Kier molecular flexibility index (Phi) is 6.19. The number of carbonyl (C=O) groups excluding carboxylic acids is 1. The van der Waals surface area contributed by atoms with Gasteiger partial charge in [-0.1, -0.05) is 53.9 Å². The fraction of sp³-hybridized carbons (Fsp3) is 0.167. The molecular formula is C18H16ClNO3. The largest absolute Gasteiger partial charge is 0.388 e. The average molecular weight is 330 g/mol. The van der Waals surface area contributed by atoms with E-state index in [0.29, 0.717) is 17.9 Å². The molecule has 2 aromatic rings. The second-order valence-electron chi connectivity index (χ2n) is 4.93. The Hall–Kier alpha value is -2.32. The highest BCUT2D eigenvalue weighted by molar-refractivity contribution is 6.30. The van der Waals surface area contributed by atoms with Crippen molar-refractivity contribution in [2.75, 3.05) is 0 Å². The number of rotatable bonds is 4. The standard InChI is InChI=1S/C18H16ClNO3/c19-16-11-9-14(10-12-16)13-5-7-15(8-6-13)17(21)3-1-2-4-18(22)20-23/h5-12,17,21,23H,1,3H2,(H,20,22). The highest BCUT2D eigenvalue weighted by Crippen LogP contribution is 2.25. The van der Waals surface area contributed by atoms with Gasteiger partial charge in [-0.05, 0) is 41.2 Å². The monoisotopic (exact) mass is 329 g/mol. The van der Waals surface area contributed by atoms with Crippen molar-refractivity contribution >= 4 is 17.5 Å². The lowest BCUT2D eigenvalue weighted by Gasteiger charge is -2.10. The molecule has 0 aliphatic heterocycles. The van der Waals surface area contributed by atoms with Gasteiger partial charge in [0, 0.05) is 11.4 Å². The number of hydrogen-bond acceptors (Lipinski definition) is 3. The maximum Gasteiger partial charge on any atom is 0.319 e. The molecule has 5 heteroatoms. The Morgan fingerprint density at radius 3 is 2.22 bits per heavy atom. The Labute approximate surface area is 139 Å². The van der Waals surface area contributed by atoms with Crippen LogP contribution >= 0.6 is 11.6 Å². The first-order valence-corrected chi connectivity index (χ1v) is 7.45. The van der Waals surface area contributed by atoms with Gasteiger partial charge in [0.15, 0.2) is 0 Å². The third kappa shape index (κ3) is 5.11. The summed E-state index contributed by atoms with van der Waals surface area (Å²) in [4.78, 5) is 10.7. The van der Waals surface area contributed by atoms with Gasteiger partial charge in [-0.25, -0.2) is 5.48 Å². The van der Waals surface area contributed by atoms with Gasteiger partial charge >= 0.3 is 5.91 Å². The predicted molar refractivity (Wildman–Crippen MR) is 88.8 cm³/mol. The number of aliphatic hydroxyl groups is 1. The summed E-state index contributed by atoms with van der Waals surface area (Å²) in [6, 6.07) is 15.1. The van der Waals surface area contributed by atoms with Crippen LogP contribution in [0.4, 0.5) is 0 Å². The van der Waals surface area contributed by atoms with Crippen molar-refractivity contribution in [3.63, 3.8) is 0 Å². The second-order valence-corrected chi connectivity index (χ2v) is 5.36. The van der Waals surface area contributed by atoms with Gasteiger partial charge in [0.1, 0.15) is 0 Å². The number of amides is 1. The van der Waals surface area contributed by atoms with Crippen molar-refractivity contribution in [3.05, 3.63) is 59.1 Å². The summed E-state index contributed by atoms with van der Waals surface area (Å²) in [5.74, 6) is 4.03. The van der Waals surface area contributed by atoms with E-state index < -0.39 is 12.0 Å². The van der Waals surface area contributed by atoms with Crippen LogP contribution in [0, 0.1) is 11.8 Å². The van der Waals surface area contributed by atoms with E-state index in [4.69, 9.17) is 16.8 Å². The minimum Gasteiger partial charge on any atom is -0.388 e. The number of hydroxylamine groups is 1. The van der Waals surface area contributed by atoms with Crippen molar-refractivity contribution in [1.29, 1.82) is 0 Å². The van der Waals surface area contributed by atoms with Gasteiger partial charge in [-0.2, -0.15) is 0 Å². The molecule has 0 saturated carbocycles. The zero-order valence-electron chi connectivity index (χ0n) is 12.3. The smallest absolute Gasteiger partial charge is 0.319 e. The number of benzene rings is 2. The predicted octanol–water partition coefficient (Wildman–Crippen LogP) is 3.33. The molecule has 1 atom stereocenters. The molecule has 2 rings (SSSR count). The number of nitrogens with one attached hydrogen (secondary N) is 1. The molecule has 0 heterocycles. The van der Waals surface area contributed by atoms with Crippen molar-refractivity contribution in [2.24, 2.45) is 0 Å². The van der Waals surface area contributed by atoms with E-state index in [1.165, 1.54) is 5.48 Å². The van der Waals surface area contributed by atoms with E-state index in [1.54, 1.807) is 0 Å². The van der Waals surface area contributed by atoms with Gasteiger partial charge in [0.05, 0.1) is 6.10 Å². The van der Waals surface area contributed by atoms with Gasteiger partial charge < -0.3 is 5.11 Å². The normalized spacial score (nSPS) is 11.3. The molecule has 118 valence electrons. The summed E-state index contributed by atoms with van der Waals surface area (Å²) >= 11 is 5.87. The van der Waals surface area contributed by atoms with Crippen molar-refractivity contribution in [2.45, 2.75) is 18.9 Å². The molecule has 4 nitrogen and oxygen atoms in total. The zero-order chi connectivity index (χ0) is 16.7. The van der Waals surface area contributed by atoms with E-state index in [1.807, 2.05) is 48.5 Å². The molecule has 0 aliphatic carbocycles. The summed E-state index contributed by atoms with van der Waals surface area (Å²) in [7, 11) is 0. The van der Waals surface area contributed by atoms with Crippen LogP contribution in [0.2, 0.25) is 5.02 Å². The van der Waals surface area contributed by atoms with Crippen LogP contribution in [-0.4, -0.2) is 16.2 Å². The quantitative estimate of drug-likeness (QED) is 0.458. The molecule has 23 heavy (non-hydrogen) atoms. The Balaban J connectivity index is 1.97. The molecule has 0 spiro atoms. The van der Waals surface area contributed by atoms with Crippen LogP contribution in [0.15, 0.2) is 48.5 Å². The fourth-order valence-electron chi connectivity index (χ4n) is 2.09. The first-order chi connectivity index (χ1) is 11.1. The van der Waals surface area contributed by atoms with Crippen LogP contribution in [-0.2, 0) is 4.79 Å². The van der Waals surface area contributed by atoms with Gasteiger partial charge in [-0.15, -0.1) is 0 Å². The average Bonchev–Trinajstić information content (AvgIpc) is 2.59. The SMILES string of the molecule is O=C(C#CCCC(O)c1ccc(-c2ccc(Cl)cc2)cc1)NO. The van der Waals surface area contributed by atoms with Crippen molar-refractivity contribution < 1.29 is 15.1 Å². The molecule has 2 aromatic carbocycles. The van der Waals surface area contributed by atoms with Crippen LogP contribution < -0.4 is 5.48 Å². The van der Waals surface area contributed by atoms with Gasteiger partial charge in [0.25, 0.3) is 0 Å². The molecule has 0 radical (unpaired) electrons. The highest BCUT2D eigenvalue weighted by Gasteiger charge is 2.07. The molecule has 0 aromatic heterocycles. The maximum absolute atomic E-state index is 10.7. The third-order valence-electron chi connectivity index (χ3n) is 3.32. The second kappa shape index (κ2) is 8.35. The first-order valence-electron chi connectivity index (χ1n) is 7.07. The summed E-state index contributed by atoms with van der Waals surface area (Å²) < 4.78 is 0. The van der Waals surface area contributed by atoms with Crippen LogP contribution in [0.3, 0.4) is 0 Å². The topological polar surface area (TPSA) is 69.6 Å². The number of halogens is 1. The van der Waals surface area contributed by atoms with E-state index in [9.17, 15) is 9.90 Å². The summed E-state index contributed by atoms with van der Waals surface area (Å²) in [6.45, 7) is 0. The maximum atomic E-state index is 10.7. The molecule has 0 aliphatic rings. The third-order valence-corrected chi connectivity index (χ3v) is 3.57. The van der Waals surface area contributed by atoms with E-state index in [-0.39, 0.29) is 0 Å². The molecule has 0 bridgehead atoms. The fourth-order valence-corrected chi connectivity index (χ4v) is 2.21. The lowest BCUT2D eigenvalue weighted by Crippen LogP contribution is -2.15. The van der Waals surface area contributed by atoms with Gasteiger partial charge in [0.2, 0.25) is 0 Å².